The van der Waals surface area contributed by atoms with Crippen LogP contribution < -0.4 is 10.6 Å². The number of anilines is 1. The first-order chi connectivity index (χ1) is 7.90. The zero-order valence-electron chi connectivity index (χ0n) is 10.7. The molecule has 0 fully saturated rings. The Balaban J connectivity index is 2.64. The molecule has 96 valence electrons. The molecule has 0 saturated carbocycles. The van der Waals surface area contributed by atoms with Gasteiger partial charge in [-0.15, -0.1) is 0 Å². The fourth-order valence-corrected chi connectivity index (χ4v) is 1.39. The molecule has 0 aliphatic carbocycles. The summed E-state index contributed by atoms with van der Waals surface area (Å²) in [4.78, 5) is 11.7. The smallest absolute Gasteiger partial charge is 0.320 e. The number of aryl methyl sites for hydroxylation is 2. The minimum absolute atomic E-state index is 0.0959. The molecule has 17 heavy (non-hydrogen) atoms. The van der Waals surface area contributed by atoms with Crippen molar-refractivity contribution in [1.82, 2.24) is 15.1 Å². The van der Waals surface area contributed by atoms with Crippen LogP contribution in [0, 0.1) is 6.92 Å². The van der Waals surface area contributed by atoms with E-state index in [1.54, 1.807) is 24.7 Å². The van der Waals surface area contributed by atoms with Crippen molar-refractivity contribution >= 4 is 11.8 Å². The number of aliphatic hydroxyl groups excluding tert-OH is 1. The van der Waals surface area contributed by atoms with Crippen LogP contribution in [0.25, 0.3) is 0 Å². The van der Waals surface area contributed by atoms with Crippen LogP contribution in [0.4, 0.5) is 10.6 Å². The maximum atomic E-state index is 11.7. The van der Waals surface area contributed by atoms with Gasteiger partial charge in [-0.3, -0.25) is 10.00 Å². The number of carbonyl (C=O) groups is 1. The van der Waals surface area contributed by atoms with E-state index >= 15 is 0 Å². The second-order valence-electron chi connectivity index (χ2n) is 4.45. The molecular formula is C11H20N4O2. The molecule has 6 heteroatoms. The fourth-order valence-electron chi connectivity index (χ4n) is 1.39. The van der Waals surface area contributed by atoms with Gasteiger partial charge in [0, 0.05) is 13.1 Å². The lowest BCUT2D eigenvalue weighted by Crippen LogP contribution is -2.50. The second kappa shape index (κ2) is 5.18. The van der Waals surface area contributed by atoms with Crippen LogP contribution in [-0.2, 0) is 7.05 Å². The van der Waals surface area contributed by atoms with Crippen molar-refractivity contribution < 1.29 is 9.90 Å². The van der Waals surface area contributed by atoms with Gasteiger partial charge in [-0.2, -0.15) is 5.10 Å². The number of aromatic nitrogens is 2. The molecule has 0 aliphatic rings. The van der Waals surface area contributed by atoms with E-state index < -0.39 is 5.54 Å². The zero-order valence-corrected chi connectivity index (χ0v) is 10.7. The molecule has 1 aromatic rings. The number of nitrogens with one attached hydrogen (secondary N) is 2. The molecular weight excluding hydrogens is 220 g/mol. The number of hydrogen-bond acceptors (Lipinski definition) is 3. The maximum absolute atomic E-state index is 11.7. The summed E-state index contributed by atoms with van der Waals surface area (Å²) >= 11 is 0. The van der Waals surface area contributed by atoms with Crippen molar-refractivity contribution in [3.05, 3.63) is 11.8 Å². The van der Waals surface area contributed by atoms with Gasteiger partial charge in [0.2, 0.25) is 0 Å². The highest BCUT2D eigenvalue weighted by Crippen LogP contribution is 2.10. The monoisotopic (exact) mass is 240 g/mol. The van der Waals surface area contributed by atoms with Gasteiger partial charge in [-0.1, -0.05) is 6.92 Å². The topological polar surface area (TPSA) is 79.2 Å². The van der Waals surface area contributed by atoms with Crippen molar-refractivity contribution in [3.63, 3.8) is 0 Å². The molecule has 0 bridgehead atoms. The Morgan fingerprint density at radius 2 is 2.29 bits per heavy atom. The molecule has 0 saturated heterocycles. The largest absolute Gasteiger partial charge is 0.394 e. The highest BCUT2D eigenvalue weighted by molar-refractivity contribution is 5.88. The first-order valence-corrected chi connectivity index (χ1v) is 5.61. The van der Waals surface area contributed by atoms with Gasteiger partial charge in [0.05, 0.1) is 17.8 Å². The van der Waals surface area contributed by atoms with Gasteiger partial charge in [0.25, 0.3) is 0 Å². The molecule has 1 unspecified atom stereocenters. The Labute approximate surface area is 101 Å². The summed E-state index contributed by atoms with van der Waals surface area (Å²) in [5.74, 6) is 0.622. The Bertz CT molecular complexity index is 396. The number of urea groups is 1. The lowest BCUT2D eigenvalue weighted by molar-refractivity contribution is 0.172. The SMILES string of the molecule is CCC(C)(CO)NC(=O)Nc1cc(C)nn1C. The molecule has 0 aliphatic heterocycles. The van der Waals surface area contributed by atoms with Crippen LogP contribution in [0.1, 0.15) is 26.0 Å². The van der Waals surface area contributed by atoms with Crippen LogP contribution in [-0.4, -0.2) is 33.1 Å². The number of rotatable bonds is 4. The van der Waals surface area contributed by atoms with E-state index in [4.69, 9.17) is 0 Å². The molecule has 1 atom stereocenters. The molecule has 3 N–H and O–H groups in total. The second-order valence-corrected chi connectivity index (χ2v) is 4.45. The molecule has 0 spiro atoms. The maximum Gasteiger partial charge on any atom is 0.320 e. The predicted octanol–water partition coefficient (Wildman–Crippen LogP) is 1.01. The van der Waals surface area contributed by atoms with Crippen LogP contribution in [0.15, 0.2) is 6.07 Å². The number of hydrogen-bond donors (Lipinski definition) is 3. The minimum atomic E-state index is -0.599. The Kier molecular flexibility index (Phi) is 4.11. The Morgan fingerprint density at radius 3 is 2.71 bits per heavy atom. The van der Waals surface area contributed by atoms with Crippen LogP contribution in [0.3, 0.4) is 0 Å². The predicted molar refractivity (Wildman–Crippen MR) is 65.9 cm³/mol. The minimum Gasteiger partial charge on any atom is -0.394 e. The van der Waals surface area contributed by atoms with Crippen molar-refractivity contribution in [3.8, 4) is 0 Å². The third-order valence-corrected chi connectivity index (χ3v) is 2.79. The Morgan fingerprint density at radius 1 is 1.65 bits per heavy atom. The number of carbonyl (C=O) groups excluding carboxylic acids is 1. The van der Waals surface area contributed by atoms with E-state index in [0.717, 1.165) is 5.69 Å². The summed E-state index contributed by atoms with van der Waals surface area (Å²) in [6.45, 7) is 5.46. The average Bonchev–Trinajstić information content (AvgIpc) is 2.57. The van der Waals surface area contributed by atoms with E-state index in [1.165, 1.54) is 0 Å². The highest BCUT2D eigenvalue weighted by atomic mass is 16.3. The summed E-state index contributed by atoms with van der Waals surface area (Å²) in [5.41, 5.74) is 0.237. The molecule has 6 nitrogen and oxygen atoms in total. The van der Waals surface area contributed by atoms with Crippen molar-refractivity contribution in [2.24, 2.45) is 7.05 Å². The van der Waals surface area contributed by atoms with Crippen LogP contribution >= 0.6 is 0 Å². The van der Waals surface area contributed by atoms with Gasteiger partial charge in [0.15, 0.2) is 0 Å². The van der Waals surface area contributed by atoms with Crippen molar-refractivity contribution in [1.29, 1.82) is 0 Å². The van der Waals surface area contributed by atoms with Gasteiger partial charge in [0.1, 0.15) is 5.82 Å². The number of aliphatic hydroxyl groups is 1. The van der Waals surface area contributed by atoms with E-state index in [9.17, 15) is 9.90 Å². The highest BCUT2D eigenvalue weighted by Gasteiger charge is 2.23. The quantitative estimate of drug-likeness (QED) is 0.735. The number of amides is 2. The third-order valence-electron chi connectivity index (χ3n) is 2.79. The summed E-state index contributed by atoms with van der Waals surface area (Å²) < 4.78 is 1.59. The van der Waals surface area contributed by atoms with Gasteiger partial charge in [-0.05, 0) is 20.3 Å². The lowest BCUT2D eigenvalue weighted by Gasteiger charge is -2.27. The molecule has 1 heterocycles. The van der Waals surface area contributed by atoms with Crippen LogP contribution in [0.5, 0.6) is 0 Å². The van der Waals surface area contributed by atoms with Crippen LogP contribution in [0.2, 0.25) is 0 Å². The molecule has 0 radical (unpaired) electrons. The molecule has 0 aromatic carbocycles. The average molecular weight is 240 g/mol. The summed E-state index contributed by atoms with van der Waals surface area (Å²) in [7, 11) is 1.76. The first kappa shape index (κ1) is 13.5. The van der Waals surface area contributed by atoms with Gasteiger partial charge in [-0.25, -0.2) is 4.79 Å². The fraction of sp³-hybridized carbons (Fsp3) is 0.636. The molecule has 1 aromatic heterocycles. The van der Waals surface area contributed by atoms with Crippen molar-refractivity contribution in [2.45, 2.75) is 32.7 Å². The Hall–Kier alpha value is -1.56. The summed E-state index contributed by atoms with van der Waals surface area (Å²) in [6, 6.07) is 1.44. The molecule has 1 rings (SSSR count). The lowest BCUT2D eigenvalue weighted by atomic mass is 10.0. The van der Waals surface area contributed by atoms with E-state index in [2.05, 4.69) is 15.7 Å². The van der Waals surface area contributed by atoms with E-state index in [1.807, 2.05) is 13.8 Å². The van der Waals surface area contributed by atoms with Gasteiger partial charge < -0.3 is 10.4 Å². The van der Waals surface area contributed by atoms with Gasteiger partial charge >= 0.3 is 6.03 Å². The molecule has 2 amide bonds. The number of nitrogens with zero attached hydrogens (tertiary/aromatic N) is 2. The van der Waals surface area contributed by atoms with E-state index in [0.29, 0.717) is 12.2 Å². The zero-order chi connectivity index (χ0) is 13.1. The normalized spacial score (nSPS) is 14.2. The van der Waals surface area contributed by atoms with E-state index in [-0.39, 0.29) is 12.6 Å². The first-order valence-electron chi connectivity index (χ1n) is 5.61. The third kappa shape index (κ3) is 3.45. The summed E-state index contributed by atoms with van der Waals surface area (Å²) in [5, 5.41) is 18.8. The van der Waals surface area contributed by atoms with Crippen molar-refractivity contribution in [2.75, 3.05) is 11.9 Å². The standard InChI is InChI=1S/C11H20N4O2/c1-5-11(3,7-16)13-10(17)12-9-6-8(2)14-15(9)4/h6,16H,5,7H2,1-4H3,(H2,12,13,17). The summed E-state index contributed by atoms with van der Waals surface area (Å²) in [6.07, 6.45) is 0.654.